The number of carbonyl (C=O) groups excluding carboxylic acids is 4. The Kier molecular flexibility index (Phi) is 7.97. The van der Waals surface area contributed by atoms with Crippen LogP contribution in [0.2, 0.25) is 0 Å². The molecule has 3 amide bonds. The van der Waals surface area contributed by atoms with Crippen molar-refractivity contribution >= 4 is 23.9 Å². The molecule has 0 saturated carbocycles. The second kappa shape index (κ2) is 12.1. The Bertz CT molecular complexity index is 1470. The van der Waals surface area contributed by atoms with Crippen LogP contribution in [0.3, 0.4) is 0 Å². The van der Waals surface area contributed by atoms with Gasteiger partial charge >= 0.3 is 12.1 Å². The number of amides is 3. The first-order chi connectivity index (χ1) is 19.5. The highest BCUT2D eigenvalue weighted by atomic mass is 16.6. The zero-order chi connectivity index (χ0) is 27.9. The van der Waals surface area contributed by atoms with Crippen LogP contribution in [0.25, 0.3) is 0 Å². The maximum atomic E-state index is 13.7. The van der Waals surface area contributed by atoms with Gasteiger partial charge in [-0.3, -0.25) is 9.59 Å². The summed E-state index contributed by atoms with van der Waals surface area (Å²) in [4.78, 5) is 54.3. The van der Waals surface area contributed by atoms with Crippen molar-refractivity contribution in [3.63, 3.8) is 0 Å². The molecule has 1 atom stereocenters. The second-order valence-electron chi connectivity index (χ2n) is 9.15. The van der Waals surface area contributed by atoms with Crippen LogP contribution in [-0.2, 0) is 33.9 Å². The molecule has 1 heterocycles. The van der Waals surface area contributed by atoms with E-state index in [1.165, 1.54) is 12.1 Å². The van der Waals surface area contributed by atoms with E-state index in [4.69, 9.17) is 9.47 Å². The zero-order valence-corrected chi connectivity index (χ0v) is 21.5. The summed E-state index contributed by atoms with van der Waals surface area (Å²) in [5.41, 5.74) is 2.40. The lowest BCUT2D eigenvalue weighted by Gasteiger charge is -2.34. The Morgan fingerprint density at radius 3 is 1.52 bits per heavy atom. The average Bonchev–Trinajstić information content (AvgIpc) is 3.25. The maximum absolute atomic E-state index is 13.7. The third kappa shape index (κ3) is 5.76. The molecule has 0 radical (unpaired) electrons. The molecule has 8 nitrogen and oxygen atoms in total. The number of imide groups is 1. The lowest BCUT2D eigenvalue weighted by molar-refractivity contribution is -0.154. The first kappa shape index (κ1) is 26.4. The van der Waals surface area contributed by atoms with E-state index in [1.807, 2.05) is 30.3 Å². The summed E-state index contributed by atoms with van der Waals surface area (Å²) in [5, 5.41) is 1.49. The first-order valence-corrected chi connectivity index (χ1v) is 12.7. The zero-order valence-electron chi connectivity index (χ0n) is 21.5. The van der Waals surface area contributed by atoms with E-state index in [0.717, 1.165) is 10.6 Å². The molecule has 1 aliphatic heterocycles. The number of benzene rings is 4. The standard InChI is InChI=1S/C32H26N2O6/c35-29-26-18-10-11-19-27(26)30(36)34(29)33(32(38)40-22-25-16-8-3-9-17-25)28(20-23-12-4-1-5-13-23)31(37)39-21-24-14-6-2-7-15-24/h1-19,28H,20-22H2/t28-/m0/s1. The van der Waals surface area contributed by atoms with Crippen molar-refractivity contribution in [3.05, 3.63) is 143 Å². The van der Waals surface area contributed by atoms with Gasteiger partial charge in [-0.15, -0.1) is 0 Å². The van der Waals surface area contributed by atoms with E-state index < -0.39 is 29.9 Å². The van der Waals surface area contributed by atoms with E-state index in [-0.39, 0.29) is 30.8 Å². The lowest BCUT2D eigenvalue weighted by atomic mass is 10.1. The van der Waals surface area contributed by atoms with Crippen LogP contribution in [0.5, 0.6) is 0 Å². The predicted molar refractivity (Wildman–Crippen MR) is 146 cm³/mol. The number of hydrogen-bond acceptors (Lipinski definition) is 6. The van der Waals surface area contributed by atoms with Crippen molar-refractivity contribution in [2.75, 3.05) is 0 Å². The van der Waals surface area contributed by atoms with E-state index in [9.17, 15) is 19.2 Å². The fraction of sp³-hybridized carbons (Fsp3) is 0.125. The van der Waals surface area contributed by atoms with Gasteiger partial charge in [0, 0.05) is 6.42 Å². The number of hydrogen-bond donors (Lipinski definition) is 0. The summed E-state index contributed by atoms with van der Waals surface area (Å²) in [5.74, 6) is -2.25. The van der Waals surface area contributed by atoms with Gasteiger partial charge in [0.15, 0.2) is 6.04 Å². The molecular weight excluding hydrogens is 508 g/mol. The fourth-order valence-electron chi connectivity index (χ4n) is 4.44. The quantitative estimate of drug-likeness (QED) is 0.217. The van der Waals surface area contributed by atoms with Crippen LogP contribution in [0.4, 0.5) is 4.79 Å². The second-order valence-corrected chi connectivity index (χ2v) is 9.15. The molecule has 200 valence electrons. The lowest BCUT2D eigenvalue weighted by Crippen LogP contribution is -2.58. The average molecular weight is 535 g/mol. The Morgan fingerprint density at radius 1 is 0.600 bits per heavy atom. The van der Waals surface area contributed by atoms with E-state index in [2.05, 4.69) is 0 Å². The topological polar surface area (TPSA) is 93.2 Å². The van der Waals surface area contributed by atoms with Gasteiger partial charge in [-0.1, -0.05) is 103 Å². The minimum Gasteiger partial charge on any atom is -0.459 e. The monoisotopic (exact) mass is 534 g/mol. The van der Waals surface area contributed by atoms with E-state index in [1.54, 1.807) is 72.8 Å². The maximum Gasteiger partial charge on any atom is 0.430 e. The molecule has 0 unspecified atom stereocenters. The highest BCUT2D eigenvalue weighted by molar-refractivity contribution is 6.21. The molecule has 1 aliphatic rings. The van der Waals surface area contributed by atoms with Crippen LogP contribution >= 0.6 is 0 Å². The Balaban J connectivity index is 1.51. The molecule has 0 aliphatic carbocycles. The third-order valence-corrected chi connectivity index (χ3v) is 6.44. The van der Waals surface area contributed by atoms with E-state index in [0.29, 0.717) is 16.1 Å². The molecule has 0 N–H and O–H groups in total. The van der Waals surface area contributed by atoms with Gasteiger partial charge in [0.25, 0.3) is 11.8 Å². The molecule has 40 heavy (non-hydrogen) atoms. The molecular formula is C32H26N2O6. The minimum absolute atomic E-state index is 0.0255. The summed E-state index contributed by atoms with van der Waals surface area (Å²) in [6, 6.07) is 31.9. The molecule has 0 fully saturated rings. The summed E-state index contributed by atoms with van der Waals surface area (Å²) in [6.45, 7) is -0.184. The largest absolute Gasteiger partial charge is 0.459 e. The molecule has 0 bridgehead atoms. The summed E-state index contributed by atoms with van der Waals surface area (Å²) in [6.07, 6.45) is -1.06. The van der Waals surface area contributed by atoms with Gasteiger partial charge in [0.1, 0.15) is 13.2 Å². The van der Waals surface area contributed by atoms with Gasteiger partial charge in [0.2, 0.25) is 0 Å². The van der Waals surface area contributed by atoms with Crippen molar-refractivity contribution in [1.29, 1.82) is 0 Å². The summed E-state index contributed by atoms with van der Waals surface area (Å²) >= 11 is 0. The number of nitrogens with zero attached hydrogens (tertiary/aromatic N) is 2. The number of carbonyl (C=O) groups is 4. The highest BCUT2D eigenvalue weighted by Crippen LogP contribution is 2.28. The van der Waals surface area contributed by atoms with Gasteiger partial charge in [-0.2, -0.15) is 10.0 Å². The number of esters is 1. The van der Waals surface area contributed by atoms with Crippen molar-refractivity contribution in [3.8, 4) is 0 Å². The van der Waals surface area contributed by atoms with Crippen LogP contribution in [0.1, 0.15) is 37.4 Å². The molecule has 0 saturated heterocycles. The van der Waals surface area contributed by atoms with Crippen LogP contribution in [-0.4, -0.2) is 39.9 Å². The number of fused-ring (bicyclic) bond motifs is 1. The minimum atomic E-state index is -1.38. The smallest absolute Gasteiger partial charge is 0.430 e. The van der Waals surface area contributed by atoms with Crippen LogP contribution in [0, 0.1) is 0 Å². The van der Waals surface area contributed by atoms with Gasteiger partial charge < -0.3 is 9.47 Å². The van der Waals surface area contributed by atoms with Gasteiger partial charge in [-0.25, -0.2) is 9.59 Å². The Hall–Kier alpha value is -5.24. The molecule has 4 aromatic carbocycles. The Morgan fingerprint density at radius 2 is 1.02 bits per heavy atom. The van der Waals surface area contributed by atoms with Crippen molar-refractivity contribution in [2.24, 2.45) is 0 Å². The summed E-state index contributed by atoms with van der Waals surface area (Å²) < 4.78 is 11.2. The van der Waals surface area contributed by atoms with Crippen molar-refractivity contribution in [1.82, 2.24) is 10.0 Å². The third-order valence-electron chi connectivity index (χ3n) is 6.44. The van der Waals surface area contributed by atoms with Crippen molar-refractivity contribution < 1.29 is 28.7 Å². The van der Waals surface area contributed by atoms with Gasteiger partial charge in [-0.05, 0) is 28.8 Å². The van der Waals surface area contributed by atoms with Gasteiger partial charge in [0.05, 0.1) is 11.1 Å². The fourth-order valence-corrected chi connectivity index (χ4v) is 4.44. The normalized spacial score (nSPS) is 12.9. The molecule has 0 aromatic heterocycles. The molecule has 0 spiro atoms. The number of hydrazine groups is 1. The van der Waals surface area contributed by atoms with Crippen LogP contribution < -0.4 is 0 Å². The number of ether oxygens (including phenoxy) is 2. The highest BCUT2D eigenvalue weighted by Gasteiger charge is 2.47. The molecule has 5 rings (SSSR count). The van der Waals surface area contributed by atoms with E-state index >= 15 is 0 Å². The summed E-state index contributed by atoms with van der Waals surface area (Å²) in [7, 11) is 0. The first-order valence-electron chi connectivity index (χ1n) is 12.7. The van der Waals surface area contributed by atoms with Crippen molar-refractivity contribution in [2.45, 2.75) is 25.7 Å². The SMILES string of the molecule is O=C(OCc1ccccc1)[C@H](Cc1ccccc1)N(C(=O)OCc1ccccc1)N1C(=O)c2ccccc2C1=O. The molecule has 8 heteroatoms. The van der Waals surface area contributed by atoms with Crippen LogP contribution in [0.15, 0.2) is 115 Å². The number of rotatable bonds is 9. The predicted octanol–water partition coefficient (Wildman–Crippen LogP) is 5.19. The molecule has 4 aromatic rings. The Labute approximate surface area is 231 Å².